The van der Waals surface area contributed by atoms with Gasteiger partial charge in [0.25, 0.3) is 0 Å². The lowest BCUT2D eigenvalue weighted by molar-refractivity contribution is 0.122. The van der Waals surface area contributed by atoms with E-state index in [1.54, 1.807) is 11.9 Å². The molecular formula is C23H20BrN3OS. The number of benzene rings is 2. The predicted molar refractivity (Wildman–Crippen MR) is 124 cm³/mol. The minimum absolute atomic E-state index is 0.783. The number of hydrogen-bond acceptors (Lipinski definition) is 4. The molecular weight excluding hydrogens is 446 g/mol. The maximum Gasteiger partial charge on any atom is 0.151 e. The molecule has 1 aliphatic rings. The SMILES string of the molecule is Brc1ccnc2c1cc(-c1cccc(N3CCOCC3)c1)n2Sc1ccccc1. The molecule has 4 nitrogen and oxygen atoms in total. The normalized spacial score (nSPS) is 14.4. The first-order valence-electron chi connectivity index (χ1n) is 9.62. The van der Waals surface area contributed by atoms with Gasteiger partial charge in [0.05, 0.1) is 18.9 Å². The third-order valence-corrected chi connectivity index (χ3v) is 6.79. The Morgan fingerprint density at radius 1 is 0.931 bits per heavy atom. The van der Waals surface area contributed by atoms with Crippen molar-refractivity contribution >= 4 is 44.6 Å². The summed E-state index contributed by atoms with van der Waals surface area (Å²) < 4.78 is 8.80. The van der Waals surface area contributed by atoms with Crippen LogP contribution in [0.25, 0.3) is 22.3 Å². The Balaban J connectivity index is 1.62. The minimum Gasteiger partial charge on any atom is -0.378 e. The van der Waals surface area contributed by atoms with Crippen LogP contribution < -0.4 is 4.90 Å². The van der Waals surface area contributed by atoms with Crippen molar-refractivity contribution in [3.63, 3.8) is 0 Å². The molecule has 0 radical (unpaired) electrons. The molecule has 1 aliphatic heterocycles. The molecule has 4 aromatic rings. The molecule has 0 unspecified atom stereocenters. The van der Waals surface area contributed by atoms with Crippen molar-refractivity contribution in [1.82, 2.24) is 8.96 Å². The highest BCUT2D eigenvalue weighted by Crippen LogP contribution is 2.37. The minimum atomic E-state index is 0.783. The molecule has 0 aliphatic carbocycles. The summed E-state index contributed by atoms with van der Waals surface area (Å²) in [5.41, 5.74) is 4.52. The fourth-order valence-electron chi connectivity index (χ4n) is 3.61. The number of nitrogens with zero attached hydrogens (tertiary/aromatic N) is 3. The van der Waals surface area contributed by atoms with E-state index >= 15 is 0 Å². The Bertz CT molecular complexity index is 1140. The summed E-state index contributed by atoms with van der Waals surface area (Å²) in [6, 6.07) is 23.4. The zero-order valence-corrected chi connectivity index (χ0v) is 18.2. The number of fused-ring (bicyclic) bond motifs is 1. The largest absolute Gasteiger partial charge is 0.378 e. The third-order valence-electron chi connectivity index (χ3n) is 5.07. The number of aromatic nitrogens is 2. The van der Waals surface area contributed by atoms with Gasteiger partial charge in [-0.1, -0.05) is 30.3 Å². The van der Waals surface area contributed by atoms with Gasteiger partial charge in [-0.25, -0.2) is 4.98 Å². The van der Waals surface area contributed by atoms with Crippen molar-refractivity contribution in [2.45, 2.75) is 4.90 Å². The van der Waals surface area contributed by atoms with Gasteiger partial charge in [0.1, 0.15) is 0 Å². The van der Waals surface area contributed by atoms with Crippen molar-refractivity contribution in [1.29, 1.82) is 0 Å². The van der Waals surface area contributed by atoms with Gasteiger partial charge in [-0.2, -0.15) is 0 Å². The van der Waals surface area contributed by atoms with Gasteiger partial charge >= 0.3 is 0 Å². The fraction of sp³-hybridized carbons (Fsp3) is 0.174. The van der Waals surface area contributed by atoms with Crippen LogP contribution >= 0.6 is 27.9 Å². The van der Waals surface area contributed by atoms with E-state index in [2.05, 4.69) is 84.4 Å². The summed E-state index contributed by atoms with van der Waals surface area (Å²) in [7, 11) is 0. The van der Waals surface area contributed by atoms with Crippen LogP contribution in [0, 0.1) is 0 Å². The van der Waals surface area contributed by atoms with Crippen molar-refractivity contribution < 1.29 is 4.74 Å². The monoisotopic (exact) mass is 465 g/mol. The average molecular weight is 466 g/mol. The molecule has 2 aromatic carbocycles. The van der Waals surface area contributed by atoms with Gasteiger partial charge < -0.3 is 9.64 Å². The van der Waals surface area contributed by atoms with E-state index < -0.39 is 0 Å². The van der Waals surface area contributed by atoms with Gasteiger partial charge in [0.2, 0.25) is 0 Å². The van der Waals surface area contributed by atoms with Gasteiger partial charge in [-0.05, 0) is 64.3 Å². The van der Waals surface area contributed by atoms with E-state index in [0.717, 1.165) is 47.5 Å². The predicted octanol–water partition coefficient (Wildman–Crippen LogP) is 5.86. The Labute approximate surface area is 182 Å². The van der Waals surface area contributed by atoms with E-state index in [-0.39, 0.29) is 0 Å². The summed E-state index contributed by atoms with van der Waals surface area (Å²) in [5, 5.41) is 1.11. The summed E-state index contributed by atoms with van der Waals surface area (Å²) in [4.78, 5) is 8.25. The first-order valence-corrected chi connectivity index (χ1v) is 11.2. The maximum absolute atomic E-state index is 5.51. The zero-order chi connectivity index (χ0) is 19.6. The van der Waals surface area contributed by atoms with Crippen LogP contribution in [0.4, 0.5) is 5.69 Å². The number of anilines is 1. The molecule has 2 aromatic heterocycles. The number of ether oxygens (including phenoxy) is 1. The van der Waals surface area contributed by atoms with E-state index in [1.807, 2.05) is 18.3 Å². The van der Waals surface area contributed by atoms with Gasteiger partial charge in [-0.3, -0.25) is 3.97 Å². The molecule has 0 amide bonds. The lowest BCUT2D eigenvalue weighted by Gasteiger charge is -2.29. The van der Waals surface area contributed by atoms with Crippen molar-refractivity contribution in [2.24, 2.45) is 0 Å². The summed E-state index contributed by atoms with van der Waals surface area (Å²) >= 11 is 5.39. The maximum atomic E-state index is 5.51. The molecule has 1 saturated heterocycles. The highest BCUT2D eigenvalue weighted by molar-refractivity contribution is 9.10. The van der Waals surface area contributed by atoms with Gasteiger partial charge in [-0.15, -0.1) is 0 Å². The molecule has 3 heterocycles. The van der Waals surface area contributed by atoms with Crippen molar-refractivity contribution in [3.05, 3.63) is 77.4 Å². The van der Waals surface area contributed by atoms with Crippen LogP contribution in [-0.2, 0) is 4.74 Å². The Hall–Kier alpha value is -2.28. The standard InChI is InChI=1S/C23H20BrN3OS/c24-21-9-10-25-23-20(21)16-22(27(23)29-19-7-2-1-3-8-19)17-5-4-6-18(15-17)26-11-13-28-14-12-26/h1-10,15-16H,11-14H2. The number of halogens is 1. The quantitative estimate of drug-likeness (QED) is 0.377. The third kappa shape index (κ3) is 3.80. The van der Waals surface area contributed by atoms with Crippen LogP contribution in [0.3, 0.4) is 0 Å². The second-order valence-electron chi connectivity index (χ2n) is 6.91. The zero-order valence-electron chi connectivity index (χ0n) is 15.8. The number of rotatable bonds is 4. The Morgan fingerprint density at radius 2 is 1.76 bits per heavy atom. The van der Waals surface area contributed by atoms with E-state index in [1.165, 1.54) is 16.1 Å². The van der Waals surface area contributed by atoms with Gasteiger partial charge in [0.15, 0.2) is 5.65 Å². The van der Waals surface area contributed by atoms with Crippen LogP contribution in [0.2, 0.25) is 0 Å². The molecule has 146 valence electrons. The summed E-state index contributed by atoms with van der Waals surface area (Å²) in [5.74, 6) is 0. The first-order chi connectivity index (χ1) is 14.3. The molecule has 0 N–H and O–H groups in total. The summed E-state index contributed by atoms with van der Waals surface area (Å²) in [6.45, 7) is 3.42. The molecule has 5 rings (SSSR count). The molecule has 0 spiro atoms. The van der Waals surface area contributed by atoms with Crippen molar-refractivity contribution in [2.75, 3.05) is 31.2 Å². The highest BCUT2D eigenvalue weighted by Gasteiger charge is 2.17. The fourth-order valence-corrected chi connectivity index (χ4v) is 5.00. The topological polar surface area (TPSA) is 30.3 Å². The van der Waals surface area contributed by atoms with E-state index in [9.17, 15) is 0 Å². The highest BCUT2D eigenvalue weighted by atomic mass is 79.9. The molecule has 1 fully saturated rings. The lowest BCUT2D eigenvalue weighted by Crippen LogP contribution is -2.36. The van der Waals surface area contributed by atoms with Crippen molar-refractivity contribution in [3.8, 4) is 11.3 Å². The second kappa shape index (κ2) is 8.22. The van der Waals surface area contributed by atoms with Crippen LogP contribution in [-0.4, -0.2) is 35.3 Å². The van der Waals surface area contributed by atoms with Crippen LogP contribution in [0.5, 0.6) is 0 Å². The smallest absolute Gasteiger partial charge is 0.151 e. The molecule has 0 saturated carbocycles. The second-order valence-corrected chi connectivity index (χ2v) is 8.78. The average Bonchev–Trinajstić information content (AvgIpc) is 3.15. The first kappa shape index (κ1) is 18.7. The number of pyridine rings is 1. The number of hydrogen-bond donors (Lipinski definition) is 0. The lowest BCUT2D eigenvalue weighted by atomic mass is 10.1. The van der Waals surface area contributed by atoms with Crippen LogP contribution in [0.15, 0.2) is 82.3 Å². The Kier molecular flexibility index (Phi) is 5.31. The summed E-state index contributed by atoms with van der Waals surface area (Å²) in [6.07, 6.45) is 1.85. The number of morpholine rings is 1. The van der Waals surface area contributed by atoms with E-state index in [4.69, 9.17) is 4.74 Å². The van der Waals surface area contributed by atoms with Gasteiger partial charge in [0, 0.05) is 45.3 Å². The van der Waals surface area contributed by atoms with E-state index in [0.29, 0.717) is 0 Å². The molecule has 0 atom stereocenters. The Morgan fingerprint density at radius 3 is 2.59 bits per heavy atom. The molecule has 0 bridgehead atoms. The molecule has 29 heavy (non-hydrogen) atoms. The molecule has 6 heteroatoms. The van der Waals surface area contributed by atoms with Crippen LogP contribution in [0.1, 0.15) is 0 Å².